The van der Waals surface area contributed by atoms with Gasteiger partial charge in [-0.05, 0) is 26.2 Å². The Bertz CT molecular complexity index is 374. The zero-order chi connectivity index (χ0) is 13.5. The van der Waals surface area contributed by atoms with Gasteiger partial charge >= 0.3 is 0 Å². The van der Waals surface area contributed by atoms with Gasteiger partial charge in [-0.3, -0.25) is 0 Å². The van der Waals surface area contributed by atoms with E-state index in [2.05, 4.69) is 39.7 Å². The Morgan fingerprint density at radius 3 is 2.68 bits per heavy atom. The highest BCUT2D eigenvalue weighted by Crippen LogP contribution is 2.20. The van der Waals surface area contributed by atoms with Crippen LogP contribution in [0.25, 0.3) is 0 Å². The third-order valence-corrected chi connectivity index (χ3v) is 3.75. The van der Waals surface area contributed by atoms with E-state index < -0.39 is 0 Å². The van der Waals surface area contributed by atoms with Crippen LogP contribution in [0.4, 0.5) is 11.8 Å². The number of aromatic nitrogens is 3. The van der Waals surface area contributed by atoms with Crippen molar-refractivity contribution >= 4 is 11.8 Å². The standard InChI is InChI=1S/C14H25N5/c1-3-11(2)16-14-18-13(10-15-19-14)17-12-8-6-4-5-7-9-12/h10-12H,3-9H2,1-2H3,(H2,16,17,18,19). The lowest BCUT2D eigenvalue weighted by Gasteiger charge is -2.17. The second-order valence-electron chi connectivity index (χ2n) is 5.45. The van der Waals surface area contributed by atoms with Gasteiger partial charge in [-0.15, -0.1) is 5.10 Å². The summed E-state index contributed by atoms with van der Waals surface area (Å²) in [4.78, 5) is 4.49. The summed E-state index contributed by atoms with van der Waals surface area (Å²) < 4.78 is 0. The maximum Gasteiger partial charge on any atom is 0.244 e. The van der Waals surface area contributed by atoms with Gasteiger partial charge in [0.05, 0.1) is 6.20 Å². The Labute approximate surface area is 115 Å². The molecule has 1 heterocycles. The molecule has 1 unspecified atom stereocenters. The van der Waals surface area contributed by atoms with Crippen LogP contribution in [0.3, 0.4) is 0 Å². The molecule has 2 N–H and O–H groups in total. The summed E-state index contributed by atoms with van der Waals surface area (Å²) in [6, 6.07) is 0.908. The molecule has 5 nitrogen and oxygen atoms in total. The lowest BCUT2D eigenvalue weighted by molar-refractivity contribution is 0.616. The van der Waals surface area contributed by atoms with E-state index in [4.69, 9.17) is 0 Å². The Balaban J connectivity index is 1.93. The van der Waals surface area contributed by atoms with Crippen molar-refractivity contribution in [1.82, 2.24) is 15.2 Å². The smallest absolute Gasteiger partial charge is 0.244 e. The second-order valence-corrected chi connectivity index (χ2v) is 5.45. The first-order valence-corrected chi connectivity index (χ1v) is 7.50. The molecular formula is C14H25N5. The van der Waals surface area contributed by atoms with Crippen LogP contribution in [-0.2, 0) is 0 Å². The molecule has 0 bridgehead atoms. The molecule has 0 saturated heterocycles. The van der Waals surface area contributed by atoms with E-state index in [0.717, 1.165) is 12.2 Å². The Morgan fingerprint density at radius 2 is 2.00 bits per heavy atom. The number of nitrogens with one attached hydrogen (secondary N) is 2. The molecule has 19 heavy (non-hydrogen) atoms. The van der Waals surface area contributed by atoms with Crippen molar-refractivity contribution in [2.75, 3.05) is 10.6 Å². The highest BCUT2D eigenvalue weighted by Gasteiger charge is 2.13. The molecular weight excluding hydrogens is 238 g/mol. The van der Waals surface area contributed by atoms with Gasteiger partial charge in [0.2, 0.25) is 5.95 Å². The van der Waals surface area contributed by atoms with Crippen LogP contribution in [0.15, 0.2) is 6.20 Å². The largest absolute Gasteiger partial charge is 0.366 e. The van der Waals surface area contributed by atoms with Crippen LogP contribution in [0.5, 0.6) is 0 Å². The minimum absolute atomic E-state index is 0.370. The van der Waals surface area contributed by atoms with Crippen molar-refractivity contribution in [2.45, 2.75) is 70.9 Å². The summed E-state index contributed by atoms with van der Waals surface area (Å²) in [5, 5.41) is 14.8. The predicted molar refractivity (Wildman–Crippen MR) is 78.3 cm³/mol. The van der Waals surface area contributed by atoms with Crippen LogP contribution >= 0.6 is 0 Å². The lowest BCUT2D eigenvalue weighted by Crippen LogP contribution is -2.21. The van der Waals surface area contributed by atoms with Crippen LogP contribution in [-0.4, -0.2) is 27.3 Å². The van der Waals surface area contributed by atoms with Gasteiger partial charge in [0, 0.05) is 12.1 Å². The van der Waals surface area contributed by atoms with Crippen LogP contribution in [0.2, 0.25) is 0 Å². The number of rotatable bonds is 5. The van der Waals surface area contributed by atoms with E-state index in [0.29, 0.717) is 18.0 Å². The molecule has 0 aromatic carbocycles. The zero-order valence-electron chi connectivity index (χ0n) is 12.0. The van der Waals surface area contributed by atoms with Gasteiger partial charge in [-0.25, -0.2) is 0 Å². The van der Waals surface area contributed by atoms with Gasteiger partial charge in [0.25, 0.3) is 0 Å². The van der Waals surface area contributed by atoms with Gasteiger partial charge in [0.1, 0.15) is 0 Å². The molecule has 1 aliphatic rings. The average Bonchev–Trinajstić information content (AvgIpc) is 2.67. The fourth-order valence-corrected chi connectivity index (χ4v) is 2.39. The van der Waals surface area contributed by atoms with Crippen molar-refractivity contribution in [1.29, 1.82) is 0 Å². The first-order chi connectivity index (χ1) is 9.28. The second kappa shape index (κ2) is 7.26. The highest BCUT2D eigenvalue weighted by molar-refractivity contribution is 5.38. The molecule has 1 aromatic heterocycles. The summed E-state index contributed by atoms with van der Waals surface area (Å²) in [6.07, 6.45) is 10.6. The first-order valence-electron chi connectivity index (χ1n) is 7.50. The predicted octanol–water partition coefficient (Wildman–Crippen LogP) is 3.22. The zero-order valence-corrected chi connectivity index (χ0v) is 12.0. The Hall–Kier alpha value is -1.39. The van der Waals surface area contributed by atoms with E-state index in [1.807, 2.05) is 0 Å². The van der Waals surface area contributed by atoms with Crippen LogP contribution in [0, 0.1) is 0 Å². The maximum absolute atomic E-state index is 4.49. The summed E-state index contributed by atoms with van der Waals surface area (Å²) in [6.45, 7) is 4.26. The highest BCUT2D eigenvalue weighted by atomic mass is 15.3. The van der Waals surface area contributed by atoms with Gasteiger partial charge in [-0.2, -0.15) is 10.1 Å². The van der Waals surface area contributed by atoms with E-state index in [1.54, 1.807) is 6.20 Å². The van der Waals surface area contributed by atoms with E-state index in [-0.39, 0.29) is 0 Å². The maximum atomic E-state index is 4.49. The van der Waals surface area contributed by atoms with Crippen molar-refractivity contribution in [3.63, 3.8) is 0 Å². The summed E-state index contributed by atoms with van der Waals surface area (Å²) in [7, 11) is 0. The summed E-state index contributed by atoms with van der Waals surface area (Å²) in [5.74, 6) is 1.46. The van der Waals surface area contributed by atoms with Gasteiger partial charge in [-0.1, -0.05) is 32.6 Å². The van der Waals surface area contributed by atoms with E-state index >= 15 is 0 Å². The molecule has 0 spiro atoms. The number of hydrogen-bond acceptors (Lipinski definition) is 5. The Kier molecular flexibility index (Phi) is 5.36. The molecule has 1 saturated carbocycles. The van der Waals surface area contributed by atoms with Crippen molar-refractivity contribution in [3.05, 3.63) is 6.20 Å². The van der Waals surface area contributed by atoms with Crippen LogP contribution < -0.4 is 10.6 Å². The molecule has 1 aliphatic carbocycles. The fourth-order valence-electron chi connectivity index (χ4n) is 2.39. The molecule has 0 amide bonds. The molecule has 0 aliphatic heterocycles. The summed E-state index contributed by atoms with van der Waals surface area (Å²) in [5.41, 5.74) is 0. The van der Waals surface area contributed by atoms with E-state index in [9.17, 15) is 0 Å². The van der Waals surface area contributed by atoms with Gasteiger partial charge < -0.3 is 10.6 Å². The number of nitrogens with zero attached hydrogens (tertiary/aromatic N) is 3. The number of hydrogen-bond donors (Lipinski definition) is 2. The van der Waals surface area contributed by atoms with E-state index in [1.165, 1.54) is 38.5 Å². The summed E-state index contributed by atoms with van der Waals surface area (Å²) >= 11 is 0. The Morgan fingerprint density at radius 1 is 1.26 bits per heavy atom. The molecule has 1 fully saturated rings. The molecule has 0 radical (unpaired) electrons. The van der Waals surface area contributed by atoms with Crippen molar-refractivity contribution in [3.8, 4) is 0 Å². The van der Waals surface area contributed by atoms with Crippen molar-refractivity contribution < 1.29 is 0 Å². The lowest BCUT2D eigenvalue weighted by atomic mass is 10.1. The molecule has 5 heteroatoms. The molecule has 2 rings (SSSR count). The third kappa shape index (κ3) is 4.65. The molecule has 1 atom stereocenters. The third-order valence-electron chi connectivity index (χ3n) is 3.75. The monoisotopic (exact) mass is 263 g/mol. The number of anilines is 2. The molecule has 106 valence electrons. The van der Waals surface area contributed by atoms with Crippen molar-refractivity contribution in [2.24, 2.45) is 0 Å². The first kappa shape index (κ1) is 14.0. The minimum atomic E-state index is 0.370. The fraction of sp³-hybridized carbons (Fsp3) is 0.786. The minimum Gasteiger partial charge on any atom is -0.366 e. The van der Waals surface area contributed by atoms with Crippen LogP contribution in [0.1, 0.15) is 58.8 Å². The normalized spacial score (nSPS) is 18.6. The SMILES string of the molecule is CCC(C)Nc1nncc(NC2CCCCCC2)n1. The van der Waals surface area contributed by atoms with Gasteiger partial charge in [0.15, 0.2) is 5.82 Å². The topological polar surface area (TPSA) is 62.7 Å². The average molecular weight is 263 g/mol. The quantitative estimate of drug-likeness (QED) is 0.799. The molecule has 1 aromatic rings.